The molecule has 0 unspecified atom stereocenters. The molecule has 80 valence electrons. The fourth-order valence-corrected chi connectivity index (χ4v) is 2.20. The molecular weight excluding hydrogens is 206 g/mol. The molecule has 1 aliphatic carbocycles. The van der Waals surface area contributed by atoms with Crippen LogP contribution in [0.2, 0.25) is 5.02 Å². The smallest absolute Gasteiger partial charge is 0.0415 e. The van der Waals surface area contributed by atoms with Gasteiger partial charge in [-0.25, -0.2) is 0 Å². The van der Waals surface area contributed by atoms with Gasteiger partial charge in [-0.1, -0.05) is 23.8 Å². The van der Waals surface area contributed by atoms with Crippen LogP contribution in [0.4, 0.5) is 0 Å². The molecule has 1 fully saturated rings. The van der Waals surface area contributed by atoms with Crippen LogP contribution in [0.25, 0.3) is 5.57 Å². The predicted octanol–water partition coefficient (Wildman–Crippen LogP) is 3.71. The molecule has 0 saturated heterocycles. The lowest BCUT2D eigenvalue weighted by Gasteiger charge is -2.39. The van der Waals surface area contributed by atoms with Gasteiger partial charge in [-0.2, -0.15) is 0 Å². The monoisotopic (exact) mass is 221 g/mol. The average molecular weight is 222 g/mol. The molecule has 2 rings (SSSR count). The summed E-state index contributed by atoms with van der Waals surface area (Å²) >= 11 is 6.08. The van der Waals surface area contributed by atoms with Crippen molar-refractivity contribution in [2.75, 3.05) is 0 Å². The zero-order valence-corrected chi connectivity index (χ0v) is 9.77. The number of rotatable bonds is 2. The summed E-state index contributed by atoms with van der Waals surface area (Å²) in [7, 11) is 0. The summed E-state index contributed by atoms with van der Waals surface area (Å²) in [5.74, 6) is 0. The summed E-state index contributed by atoms with van der Waals surface area (Å²) < 4.78 is 0. The van der Waals surface area contributed by atoms with Gasteiger partial charge in [-0.15, -0.1) is 0 Å². The van der Waals surface area contributed by atoms with Gasteiger partial charge in [0.25, 0.3) is 0 Å². The van der Waals surface area contributed by atoms with Crippen LogP contribution in [-0.4, -0.2) is 0 Å². The molecule has 2 heteroatoms. The molecule has 0 amide bonds. The molecule has 0 heterocycles. The fourth-order valence-electron chi connectivity index (χ4n) is 1.97. The Balaban J connectivity index is 2.44. The molecule has 1 saturated carbocycles. The average Bonchev–Trinajstić information content (AvgIpc) is 2.13. The van der Waals surface area contributed by atoms with Gasteiger partial charge < -0.3 is 5.73 Å². The van der Waals surface area contributed by atoms with Gasteiger partial charge in [0.15, 0.2) is 0 Å². The summed E-state index contributed by atoms with van der Waals surface area (Å²) in [6.45, 7) is 5.92. The molecule has 0 radical (unpaired) electrons. The first kappa shape index (κ1) is 10.7. The summed E-state index contributed by atoms with van der Waals surface area (Å²) in [6.07, 6.45) is 3.33. The maximum absolute atomic E-state index is 6.27. The molecule has 15 heavy (non-hydrogen) atoms. The Morgan fingerprint density at radius 3 is 2.53 bits per heavy atom. The van der Waals surface area contributed by atoms with Crippen LogP contribution in [0.1, 0.15) is 37.3 Å². The number of nitrogens with two attached hydrogens (primary N) is 1. The molecule has 0 spiro atoms. The van der Waals surface area contributed by atoms with Gasteiger partial charge in [-0.05, 0) is 55.5 Å². The Labute approximate surface area is 95.9 Å². The van der Waals surface area contributed by atoms with Crippen LogP contribution in [0.3, 0.4) is 0 Å². The summed E-state index contributed by atoms with van der Waals surface area (Å²) in [4.78, 5) is 0. The van der Waals surface area contributed by atoms with E-state index in [1.54, 1.807) is 0 Å². The fraction of sp³-hybridized carbons (Fsp3) is 0.385. The van der Waals surface area contributed by atoms with Gasteiger partial charge in [-0.3, -0.25) is 0 Å². The van der Waals surface area contributed by atoms with Crippen molar-refractivity contribution < 1.29 is 0 Å². The van der Waals surface area contributed by atoms with Crippen LogP contribution < -0.4 is 5.73 Å². The van der Waals surface area contributed by atoms with E-state index in [0.717, 1.165) is 34.6 Å². The third kappa shape index (κ3) is 1.95. The highest BCUT2D eigenvalue weighted by Crippen LogP contribution is 2.40. The lowest BCUT2D eigenvalue weighted by Crippen LogP contribution is -2.43. The Kier molecular flexibility index (Phi) is 2.61. The second-order valence-corrected chi connectivity index (χ2v) is 4.96. The van der Waals surface area contributed by atoms with Crippen molar-refractivity contribution in [1.82, 2.24) is 0 Å². The van der Waals surface area contributed by atoms with E-state index in [4.69, 9.17) is 17.3 Å². The van der Waals surface area contributed by atoms with E-state index in [1.807, 2.05) is 19.1 Å². The minimum absolute atomic E-state index is 0.144. The van der Waals surface area contributed by atoms with Gasteiger partial charge in [0.1, 0.15) is 0 Å². The minimum atomic E-state index is -0.144. The molecule has 0 aliphatic heterocycles. The van der Waals surface area contributed by atoms with Gasteiger partial charge in [0.05, 0.1) is 0 Å². The Bertz CT molecular complexity index is 405. The third-order valence-corrected chi connectivity index (χ3v) is 3.43. The predicted molar refractivity (Wildman–Crippen MR) is 65.9 cm³/mol. The second kappa shape index (κ2) is 3.66. The molecule has 1 aromatic carbocycles. The molecule has 0 atom stereocenters. The molecule has 0 aromatic heterocycles. The van der Waals surface area contributed by atoms with Crippen LogP contribution in [0.15, 0.2) is 24.8 Å². The topological polar surface area (TPSA) is 26.0 Å². The number of hydrogen-bond acceptors (Lipinski definition) is 1. The Morgan fingerprint density at radius 1 is 1.40 bits per heavy atom. The van der Waals surface area contributed by atoms with E-state index in [9.17, 15) is 0 Å². The van der Waals surface area contributed by atoms with E-state index in [-0.39, 0.29) is 5.54 Å². The van der Waals surface area contributed by atoms with Crippen molar-refractivity contribution in [1.29, 1.82) is 0 Å². The standard InChI is InChI=1S/C13H16ClN/c1-9(2)10-6-11(8-12(14)7-10)13(15)4-3-5-13/h6-8H,1,3-5,15H2,2H3. The molecule has 1 aliphatic rings. The first-order valence-electron chi connectivity index (χ1n) is 5.27. The lowest BCUT2D eigenvalue weighted by atomic mass is 9.72. The van der Waals surface area contributed by atoms with Gasteiger partial charge in [0.2, 0.25) is 0 Å². The number of allylic oxidation sites excluding steroid dienone is 1. The lowest BCUT2D eigenvalue weighted by molar-refractivity contribution is 0.253. The van der Waals surface area contributed by atoms with Crippen LogP contribution in [-0.2, 0) is 5.54 Å². The van der Waals surface area contributed by atoms with Crippen molar-refractivity contribution in [3.8, 4) is 0 Å². The summed E-state index contributed by atoms with van der Waals surface area (Å²) in [5.41, 5.74) is 9.40. The summed E-state index contributed by atoms with van der Waals surface area (Å²) in [5, 5.41) is 0.752. The second-order valence-electron chi connectivity index (χ2n) is 4.52. The number of hydrogen-bond donors (Lipinski definition) is 1. The highest BCUT2D eigenvalue weighted by atomic mass is 35.5. The van der Waals surface area contributed by atoms with Crippen molar-refractivity contribution in [3.63, 3.8) is 0 Å². The summed E-state index contributed by atoms with van der Waals surface area (Å²) in [6, 6.07) is 6.04. The van der Waals surface area contributed by atoms with Crippen molar-refractivity contribution in [2.24, 2.45) is 5.73 Å². The maximum Gasteiger partial charge on any atom is 0.0415 e. The zero-order chi connectivity index (χ0) is 11.1. The van der Waals surface area contributed by atoms with Crippen molar-refractivity contribution in [2.45, 2.75) is 31.7 Å². The number of benzene rings is 1. The van der Waals surface area contributed by atoms with E-state index in [2.05, 4.69) is 12.6 Å². The van der Waals surface area contributed by atoms with Crippen LogP contribution in [0.5, 0.6) is 0 Å². The van der Waals surface area contributed by atoms with Gasteiger partial charge in [0, 0.05) is 10.6 Å². The van der Waals surface area contributed by atoms with Crippen molar-refractivity contribution in [3.05, 3.63) is 40.9 Å². The van der Waals surface area contributed by atoms with E-state index in [0.29, 0.717) is 0 Å². The highest BCUT2D eigenvalue weighted by Gasteiger charge is 2.34. The molecule has 0 bridgehead atoms. The number of halogens is 1. The molecule has 1 aromatic rings. The van der Waals surface area contributed by atoms with E-state index in [1.165, 1.54) is 6.42 Å². The zero-order valence-electron chi connectivity index (χ0n) is 9.02. The Hall–Kier alpha value is -0.790. The third-order valence-electron chi connectivity index (χ3n) is 3.21. The van der Waals surface area contributed by atoms with Crippen molar-refractivity contribution >= 4 is 17.2 Å². The van der Waals surface area contributed by atoms with Crippen LogP contribution >= 0.6 is 11.6 Å². The first-order chi connectivity index (χ1) is 7.01. The molecular formula is C13H16ClN. The SMILES string of the molecule is C=C(C)c1cc(Cl)cc(C2(N)CCC2)c1. The van der Waals surface area contributed by atoms with Crippen LogP contribution in [0, 0.1) is 0 Å². The van der Waals surface area contributed by atoms with Gasteiger partial charge >= 0.3 is 0 Å². The maximum atomic E-state index is 6.27. The highest BCUT2D eigenvalue weighted by molar-refractivity contribution is 6.30. The first-order valence-corrected chi connectivity index (χ1v) is 5.65. The molecule has 2 N–H and O–H groups in total. The largest absolute Gasteiger partial charge is 0.321 e. The minimum Gasteiger partial charge on any atom is -0.321 e. The quantitative estimate of drug-likeness (QED) is 0.810. The van der Waals surface area contributed by atoms with E-state index >= 15 is 0 Å². The molecule has 1 nitrogen and oxygen atoms in total. The van der Waals surface area contributed by atoms with E-state index < -0.39 is 0 Å². The Morgan fingerprint density at radius 2 is 2.07 bits per heavy atom. The normalized spacial score (nSPS) is 18.3.